The smallest absolute Gasteiger partial charge is 0.222 e. The average Bonchev–Trinajstić information content (AvgIpc) is 2.34. The summed E-state index contributed by atoms with van der Waals surface area (Å²) < 4.78 is 0. The van der Waals surface area contributed by atoms with Crippen molar-refractivity contribution in [3.05, 3.63) is 29.8 Å². The molecule has 0 radical (unpaired) electrons. The molecule has 1 aromatic rings. The van der Waals surface area contributed by atoms with Crippen LogP contribution in [0.3, 0.4) is 0 Å². The fourth-order valence-corrected chi connectivity index (χ4v) is 1.63. The number of carbonyl (C=O) groups is 1. The fraction of sp³-hybridized carbons (Fsp3) is 0.500. The zero-order valence-electron chi connectivity index (χ0n) is 11.1. The molecule has 18 heavy (non-hydrogen) atoms. The minimum absolute atomic E-state index is 0.104. The van der Waals surface area contributed by atoms with Gasteiger partial charge in [-0.3, -0.25) is 4.79 Å². The van der Waals surface area contributed by atoms with Gasteiger partial charge in [-0.1, -0.05) is 12.1 Å². The molecule has 1 unspecified atom stereocenters. The van der Waals surface area contributed by atoms with Gasteiger partial charge >= 0.3 is 0 Å². The molecule has 1 atom stereocenters. The Morgan fingerprint density at radius 3 is 2.56 bits per heavy atom. The molecule has 0 spiro atoms. The van der Waals surface area contributed by atoms with Crippen molar-refractivity contribution >= 4 is 11.6 Å². The summed E-state index contributed by atoms with van der Waals surface area (Å²) in [4.78, 5) is 13.5. The highest BCUT2D eigenvalue weighted by Crippen LogP contribution is 2.08. The molecule has 0 fully saturated rings. The van der Waals surface area contributed by atoms with Crippen LogP contribution in [0.4, 0.5) is 5.69 Å². The van der Waals surface area contributed by atoms with E-state index in [0.29, 0.717) is 19.4 Å². The number of nitrogens with two attached hydrogens (primary N) is 1. The topological polar surface area (TPSA) is 66.6 Å². The average molecular weight is 250 g/mol. The van der Waals surface area contributed by atoms with Crippen molar-refractivity contribution in [3.63, 3.8) is 0 Å². The van der Waals surface area contributed by atoms with Crippen molar-refractivity contribution in [1.29, 1.82) is 0 Å². The van der Waals surface area contributed by atoms with Gasteiger partial charge in [-0.15, -0.1) is 0 Å². The Kier molecular flexibility index (Phi) is 5.65. The number of carbonyl (C=O) groups excluding carboxylic acids is 1. The maximum atomic E-state index is 11.8. The maximum absolute atomic E-state index is 11.8. The molecule has 0 saturated heterocycles. The summed E-state index contributed by atoms with van der Waals surface area (Å²) in [6.07, 6.45) is 1.46. The van der Waals surface area contributed by atoms with E-state index in [2.05, 4.69) is 0 Å². The van der Waals surface area contributed by atoms with E-state index in [1.54, 1.807) is 18.9 Å². The Morgan fingerprint density at radius 1 is 1.39 bits per heavy atom. The van der Waals surface area contributed by atoms with Crippen molar-refractivity contribution in [2.75, 3.05) is 19.3 Å². The summed E-state index contributed by atoms with van der Waals surface area (Å²) in [6, 6.07) is 7.57. The number of hydrogen-bond acceptors (Lipinski definition) is 3. The number of nitrogens with zero attached hydrogens (tertiary/aromatic N) is 1. The molecule has 0 heterocycles. The number of amides is 1. The standard InChI is InChI=1S/C14H22N2O2/c1-11(17)9-10-16(2)14(18)8-5-12-3-6-13(15)7-4-12/h3-4,6-7,11,17H,5,8-10,15H2,1-2H3. The molecule has 3 N–H and O–H groups in total. The van der Waals surface area contributed by atoms with Gasteiger partial charge in [-0.25, -0.2) is 0 Å². The maximum Gasteiger partial charge on any atom is 0.222 e. The first-order chi connectivity index (χ1) is 8.49. The summed E-state index contributed by atoms with van der Waals surface area (Å²) in [5.41, 5.74) is 7.45. The van der Waals surface area contributed by atoms with E-state index >= 15 is 0 Å². The molecule has 0 aromatic heterocycles. The zero-order chi connectivity index (χ0) is 13.5. The quantitative estimate of drug-likeness (QED) is 0.751. The molecule has 1 amide bonds. The van der Waals surface area contributed by atoms with Crippen LogP contribution in [0.15, 0.2) is 24.3 Å². The van der Waals surface area contributed by atoms with E-state index < -0.39 is 0 Å². The molecule has 100 valence electrons. The van der Waals surface area contributed by atoms with E-state index in [9.17, 15) is 4.79 Å². The molecule has 0 aliphatic heterocycles. The van der Waals surface area contributed by atoms with E-state index in [-0.39, 0.29) is 12.0 Å². The van der Waals surface area contributed by atoms with Gasteiger partial charge in [0.25, 0.3) is 0 Å². The number of aliphatic hydroxyl groups is 1. The number of benzene rings is 1. The lowest BCUT2D eigenvalue weighted by molar-refractivity contribution is -0.130. The van der Waals surface area contributed by atoms with Gasteiger partial charge in [-0.2, -0.15) is 0 Å². The predicted octanol–water partition coefficient (Wildman–Crippen LogP) is 1.43. The summed E-state index contributed by atoms with van der Waals surface area (Å²) in [5, 5.41) is 9.17. The molecule has 0 aliphatic carbocycles. The van der Waals surface area contributed by atoms with E-state index in [1.165, 1.54) is 0 Å². The lowest BCUT2D eigenvalue weighted by Gasteiger charge is -2.18. The Labute approximate surface area is 108 Å². The Bertz CT molecular complexity index is 374. The fourth-order valence-electron chi connectivity index (χ4n) is 1.63. The highest BCUT2D eigenvalue weighted by atomic mass is 16.3. The summed E-state index contributed by atoms with van der Waals surface area (Å²) in [7, 11) is 1.77. The lowest BCUT2D eigenvalue weighted by atomic mass is 10.1. The first kappa shape index (κ1) is 14.5. The number of hydrogen-bond donors (Lipinski definition) is 2. The molecule has 1 rings (SSSR count). The third-order valence-electron chi connectivity index (χ3n) is 2.92. The molecule has 4 nitrogen and oxygen atoms in total. The van der Waals surface area contributed by atoms with E-state index in [0.717, 1.165) is 17.7 Å². The van der Waals surface area contributed by atoms with Crippen LogP contribution < -0.4 is 5.73 Å². The van der Waals surface area contributed by atoms with Gasteiger partial charge in [0.05, 0.1) is 6.10 Å². The van der Waals surface area contributed by atoms with Crippen molar-refractivity contribution in [2.45, 2.75) is 32.3 Å². The number of nitrogen functional groups attached to an aromatic ring is 1. The van der Waals surface area contributed by atoms with E-state index in [1.807, 2.05) is 24.3 Å². The highest BCUT2D eigenvalue weighted by Gasteiger charge is 2.09. The van der Waals surface area contributed by atoms with Crippen molar-refractivity contribution < 1.29 is 9.90 Å². The normalized spacial score (nSPS) is 12.2. The van der Waals surface area contributed by atoms with E-state index in [4.69, 9.17) is 10.8 Å². The molecule has 0 bridgehead atoms. The predicted molar refractivity (Wildman–Crippen MR) is 73.1 cm³/mol. The molecule has 4 heteroatoms. The largest absolute Gasteiger partial charge is 0.399 e. The Balaban J connectivity index is 2.34. The van der Waals surface area contributed by atoms with Crippen LogP contribution in [-0.4, -0.2) is 35.6 Å². The minimum atomic E-state index is -0.364. The van der Waals surface area contributed by atoms with Gasteiger partial charge in [0.15, 0.2) is 0 Å². The number of aliphatic hydroxyl groups excluding tert-OH is 1. The molecule has 1 aromatic carbocycles. The van der Waals surface area contributed by atoms with Gasteiger partial charge in [0.2, 0.25) is 5.91 Å². The van der Waals surface area contributed by atoms with Crippen LogP contribution in [0, 0.1) is 0 Å². The number of anilines is 1. The van der Waals surface area contributed by atoms with Crippen molar-refractivity contribution in [1.82, 2.24) is 4.90 Å². The van der Waals surface area contributed by atoms with Crippen LogP contribution in [0.5, 0.6) is 0 Å². The minimum Gasteiger partial charge on any atom is -0.399 e. The summed E-state index contributed by atoms with van der Waals surface area (Å²) in [6.45, 7) is 2.32. The third-order valence-corrected chi connectivity index (χ3v) is 2.92. The molecule has 0 aliphatic rings. The number of aryl methyl sites for hydroxylation is 1. The third kappa shape index (κ3) is 5.19. The number of rotatable bonds is 6. The van der Waals surface area contributed by atoms with Gasteiger partial charge < -0.3 is 15.7 Å². The summed E-state index contributed by atoms with van der Waals surface area (Å²) >= 11 is 0. The lowest BCUT2D eigenvalue weighted by Crippen LogP contribution is -2.29. The van der Waals surface area contributed by atoms with Crippen LogP contribution in [0.25, 0.3) is 0 Å². The zero-order valence-corrected chi connectivity index (χ0v) is 11.1. The second kappa shape index (κ2) is 7.01. The van der Waals surface area contributed by atoms with Crippen molar-refractivity contribution in [3.8, 4) is 0 Å². The second-order valence-electron chi connectivity index (χ2n) is 4.69. The monoisotopic (exact) mass is 250 g/mol. The van der Waals surface area contributed by atoms with Crippen LogP contribution in [0.1, 0.15) is 25.3 Å². The van der Waals surface area contributed by atoms with Crippen molar-refractivity contribution in [2.24, 2.45) is 0 Å². The van der Waals surface area contributed by atoms with Gasteiger partial charge in [-0.05, 0) is 37.5 Å². The molecule has 0 saturated carbocycles. The SMILES string of the molecule is CC(O)CCN(C)C(=O)CCc1ccc(N)cc1. The summed E-state index contributed by atoms with van der Waals surface area (Å²) in [5.74, 6) is 0.104. The molecular weight excluding hydrogens is 228 g/mol. The molecular formula is C14H22N2O2. The van der Waals surface area contributed by atoms with Gasteiger partial charge in [0.1, 0.15) is 0 Å². The second-order valence-corrected chi connectivity index (χ2v) is 4.69. The van der Waals surface area contributed by atoms with Crippen LogP contribution in [0.2, 0.25) is 0 Å². The van der Waals surface area contributed by atoms with Crippen LogP contribution >= 0.6 is 0 Å². The van der Waals surface area contributed by atoms with Gasteiger partial charge in [0, 0.05) is 25.7 Å². The van der Waals surface area contributed by atoms with Crippen LogP contribution in [-0.2, 0) is 11.2 Å². The first-order valence-electron chi connectivity index (χ1n) is 6.25. The first-order valence-corrected chi connectivity index (χ1v) is 6.25. The Hall–Kier alpha value is -1.55. The highest BCUT2D eigenvalue weighted by molar-refractivity contribution is 5.76. The Morgan fingerprint density at radius 2 is 2.00 bits per heavy atom.